The molecule has 10 heteroatoms. The van der Waals surface area contributed by atoms with E-state index in [1.54, 1.807) is 13.0 Å². The zero-order valence-corrected chi connectivity index (χ0v) is 15.6. The van der Waals surface area contributed by atoms with Gasteiger partial charge in [-0.1, -0.05) is 0 Å². The molecule has 0 fully saturated rings. The maximum Gasteiger partial charge on any atom is 0.404 e. The molecule has 0 saturated carbocycles. The fourth-order valence-corrected chi connectivity index (χ4v) is 4.03. The number of pyridine rings is 2. The quantitative estimate of drug-likeness (QED) is 0.610. The Balaban J connectivity index is 2.11. The predicted octanol–water partition coefficient (Wildman–Crippen LogP) is 2.44. The molecule has 0 atom stereocenters. The van der Waals surface area contributed by atoms with Gasteiger partial charge in [0.15, 0.2) is 0 Å². The maximum atomic E-state index is 14.5. The van der Waals surface area contributed by atoms with Crippen LogP contribution < -0.4 is 5.32 Å². The van der Waals surface area contributed by atoms with Gasteiger partial charge >= 0.3 is 6.09 Å². The molecule has 0 radical (unpaired) electrons. The first kappa shape index (κ1) is 19.5. The van der Waals surface area contributed by atoms with Crippen LogP contribution in [0.2, 0.25) is 0 Å². The lowest BCUT2D eigenvalue weighted by Gasteiger charge is -2.11. The van der Waals surface area contributed by atoms with E-state index in [2.05, 4.69) is 15.3 Å². The van der Waals surface area contributed by atoms with E-state index >= 15 is 0 Å². The summed E-state index contributed by atoms with van der Waals surface area (Å²) in [5, 5.41) is 10.9. The Bertz CT molecular complexity index is 1110. The summed E-state index contributed by atoms with van der Waals surface area (Å²) in [6.45, 7) is 1.71. The van der Waals surface area contributed by atoms with Gasteiger partial charge in [0.2, 0.25) is 5.95 Å². The van der Waals surface area contributed by atoms with Gasteiger partial charge in [-0.25, -0.2) is 22.2 Å². The first-order valence-corrected chi connectivity index (χ1v) is 9.70. The highest BCUT2D eigenvalue weighted by atomic mass is 32.2. The highest BCUT2D eigenvalue weighted by Crippen LogP contribution is 2.28. The number of nitrogens with one attached hydrogen (secondary N) is 1. The lowest BCUT2D eigenvalue weighted by Crippen LogP contribution is -2.23. The smallest absolute Gasteiger partial charge is 0.404 e. The summed E-state index contributed by atoms with van der Waals surface area (Å²) in [5.41, 5.74) is 1.10. The van der Waals surface area contributed by atoms with Crippen LogP contribution in [-0.2, 0) is 16.4 Å². The number of hydrogen-bond donors (Lipinski definition) is 2. The number of aromatic nitrogens is 3. The molecule has 2 N–H and O–H groups in total. The molecule has 0 aliphatic rings. The molecule has 146 valence electrons. The van der Waals surface area contributed by atoms with Crippen molar-refractivity contribution in [1.29, 1.82) is 0 Å². The van der Waals surface area contributed by atoms with E-state index in [0.29, 0.717) is 11.3 Å². The standard InChI is InChI=1S/C18H17FN4O4S/c1-12-4-5-15(17(19)22-12)16-9-13(6-8-21-18(24)25)11-23(16)28(26,27)14-3-2-7-20-10-14/h2-5,7,9-11,21H,6,8H2,1H3,(H,24,25). The fourth-order valence-electron chi connectivity index (χ4n) is 2.67. The van der Waals surface area contributed by atoms with Crippen molar-refractivity contribution in [1.82, 2.24) is 19.3 Å². The SMILES string of the molecule is Cc1ccc(-c2cc(CCNC(=O)O)cn2S(=O)(=O)c2cccnc2)c(F)n1. The molecule has 0 saturated heterocycles. The van der Waals surface area contributed by atoms with Crippen molar-refractivity contribution in [3.8, 4) is 11.3 Å². The molecule has 0 bridgehead atoms. The lowest BCUT2D eigenvalue weighted by atomic mass is 10.1. The minimum atomic E-state index is -4.04. The second-order valence-corrected chi connectivity index (χ2v) is 7.81. The highest BCUT2D eigenvalue weighted by molar-refractivity contribution is 7.90. The summed E-state index contributed by atoms with van der Waals surface area (Å²) in [6, 6.07) is 7.43. The third-order valence-corrected chi connectivity index (χ3v) is 5.64. The molecular formula is C18H17FN4O4S. The van der Waals surface area contributed by atoms with Crippen LogP contribution in [0.5, 0.6) is 0 Å². The number of rotatable bonds is 6. The molecule has 3 rings (SSSR count). The van der Waals surface area contributed by atoms with Crippen molar-refractivity contribution in [3.05, 3.63) is 66.1 Å². The van der Waals surface area contributed by atoms with Crippen LogP contribution in [0.25, 0.3) is 11.3 Å². The van der Waals surface area contributed by atoms with Crippen molar-refractivity contribution in [2.24, 2.45) is 0 Å². The Labute approximate surface area is 160 Å². The average Bonchev–Trinajstić information content (AvgIpc) is 3.07. The van der Waals surface area contributed by atoms with Crippen molar-refractivity contribution in [3.63, 3.8) is 0 Å². The number of nitrogens with zero attached hydrogens (tertiary/aromatic N) is 3. The molecule has 3 aromatic rings. The van der Waals surface area contributed by atoms with Crippen LogP contribution in [0.1, 0.15) is 11.3 Å². The zero-order chi connectivity index (χ0) is 20.3. The van der Waals surface area contributed by atoms with Crippen LogP contribution in [0.4, 0.5) is 9.18 Å². The first-order valence-electron chi connectivity index (χ1n) is 8.26. The van der Waals surface area contributed by atoms with Crippen LogP contribution in [0.15, 0.2) is 53.8 Å². The molecule has 0 aromatic carbocycles. The summed E-state index contributed by atoms with van der Waals surface area (Å²) >= 11 is 0. The molecule has 28 heavy (non-hydrogen) atoms. The van der Waals surface area contributed by atoms with Gasteiger partial charge in [-0.2, -0.15) is 4.39 Å². The second kappa shape index (κ2) is 7.77. The summed E-state index contributed by atoms with van der Waals surface area (Å²) < 4.78 is 41.6. The Hall–Kier alpha value is -3.27. The van der Waals surface area contributed by atoms with E-state index in [-0.39, 0.29) is 29.1 Å². The molecule has 0 aliphatic heterocycles. The van der Waals surface area contributed by atoms with Gasteiger partial charge in [0.1, 0.15) is 4.90 Å². The molecule has 0 spiro atoms. The van der Waals surface area contributed by atoms with Gasteiger partial charge in [0.25, 0.3) is 10.0 Å². The van der Waals surface area contributed by atoms with E-state index < -0.39 is 22.1 Å². The second-order valence-electron chi connectivity index (χ2n) is 6.00. The lowest BCUT2D eigenvalue weighted by molar-refractivity contribution is 0.194. The maximum absolute atomic E-state index is 14.5. The number of carboxylic acid groups (broad SMARTS) is 1. The van der Waals surface area contributed by atoms with Crippen LogP contribution in [-0.4, -0.2) is 40.1 Å². The molecule has 0 aliphatic carbocycles. The molecule has 3 heterocycles. The van der Waals surface area contributed by atoms with Crippen molar-refractivity contribution >= 4 is 16.1 Å². The Kier molecular flexibility index (Phi) is 5.41. The zero-order valence-electron chi connectivity index (χ0n) is 14.8. The predicted molar refractivity (Wildman–Crippen MR) is 98.9 cm³/mol. The number of hydrogen-bond acceptors (Lipinski definition) is 5. The van der Waals surface area contributed by atoms with Crippen molar-refractivity contribution in [2.75, 3.05) is 6.54 Å². The largest absolute Gasteiger partial charge is 0.465 e. The van der Waals surface area contributed by atoms with Gasteiger partial charge < -0.3 is 10.4 Å². The normalized spacial score (nSPS) is 11.4. The van der Waals surface area contributed by atoms with Gasteiger partial charge in [0.05, 0.1) is 11.3 Å². The number of amides is 1. The van der Waals surface area contributed by atoms with Crippen molar-refractivity contribution < 1.29 is 22.7 Å². The molecule has 0 unspecified atom stereocenters. The molecule has 3 aromatic heterocycles. The summed E-state index contributed by atoms with van der Waals surface area (Å²) in [7, 11) is -4.04. The molecular weight excluding hydrogens is 387 g/mol. The van der Waals surface area contributed by atoms with Gasteiger partial charge in [-0.05, 0) is 49.2 Å². The van der Waals surface area contributed by atoms with E-state index in [4.69, 9.17) is 5.11 Å². The van der Waals surface area contributed by atoms with Gasteiger partial charge in [0, 0.05) is 30.8 Å². The Morgan fingerprint density at radius 2 is 2.11 bits per heavy atom. The molecule has 1 amide bonds. The van der Waals surface area contributed by atoms with E-state index in [1.165, 1.54) is 42.9 Å². The van der Waals surface area contributed by atoms with Crippen LogP contribution in [0.3, 0.4) is 0 Å². The Morgan fingerprint density at radius 1 is 1.32 bits per heavy atom. The van der Waals surface area contributed by atoms with Gasteiger partial charge in [-0.15, -0.1) is 0 Å². The average molecular weight is 404 g/mol. The number of aryl methyl sites for hydroxylation is 1. The fraction of sp³-hybridized carbons (Fsp3) is 0.167. The van der Waals surface area contributed by atoms with Gasteiger partial charge in [-0.3, -0.25) is 4.98 Å². The summed E-state index contributed by atoms with van der Waals surface area (Å²) in [5.74, 6) is -0.795. The summed E-state index contributed by atoms with van der Waals surface area (Å²) in [4.78, 5) is 18.2. The van der Waals surface area contributed by atoms with Crippen LogP contribution >= 0.6 is 0 Å². The number of halogens is 1. The minimum Gasteiger partial charge on any atom is -0.465 e. The number of carbonyl (C=O) groups is 1. The monoisotopic (exact) mass is 404 g/mol. The topological polar surface area (TPSA) is 114 Å². The Morgan fingerprint density at radius 3 is 2.75 bits per heavy atom. The summed E-state index contributed by atoms with van der Waals surface area (Å²) in [6.07, 6.45) is 3.05. The third kappa shape index (κ3) is 4.01. The van der Waals surface area contributed by atoms with Crippen molar-refractivity contribution in [2.45, 2.75) is 18.2 Å². The van der Waals surface area contributed by atoms with E-state index in [0.717, 1.165) is 3.97 Å². The van der Waals surface area contributed by atoms with E-state index in [9.17, 15) is 17.6 Å². The molecule has 8 nitrogen and oxygen atoms in total. The first-order chi connectivity index (χ1) is 13.3. The minimum absolute atomic E-state index is 0.0236. The third-order valence-electron chi connectivity index (χ3n) is 3.99. The highest BCUT2D eigenvalue weighted by Gasteiger charge is 2.24. The van der Waals surface area contributed by atoms with Crippen LogP contribution in [0, 0.1) is 12.9 Å². The van der Waals surface area contributed by atoms with E-state index in [1.807, 2.05) is 0 Å².